The summed E-state index contributed by atoms with van der Waals surface area (Å²) in [5.74, 6) is 0.970. The maximum Gasteiger partial charge on any atom is 0.119 e. The molecule has 3 rings (SSSR count). The molecule has 1 aliphatic rings. The van der Waals surface area contributed by atoms with E-state index in [2.05, 4.69) is 24.3 Å². The van der Waals surface area contributed by atoms with Gasteiger partial charge in [0.1, 0.15) is 5.75 Å². The fourth-order valence-electron chi connectivity index (χ4n) is 2.97. The maximum atomic E-state index is 10.4. The van der Waals surface area contributed by atoms with Crippen molar-refractivity contribution in [3.05, 3.63) is 65.2 Å². The fourth-order valence-corrected chi connectivity index (χ4v) is 2.97. The van der Waals surface area contributed by atoms with Crippen LogP contribution in [0.1, 0.15) is 29.0 Å². The number of methoxy groups -OCH3 is 1. The minimum Gasteiger partial charge on any atom is -0.497 e. The smallest absolute Gasteiger partial charge is 0.119 e. The largest absolute Gasteiger partial charge is 0.497 e. The molecule has 98 valence electrons. The lowest BCUT2D eigenvalue weighted by Crippen LogP contribution is -2.26. The zero-order valence-electron chi connectivity index (χ0n) is 11.0. The number of aliphatic hydroxyl groups is 1. The molecule has 0 saturated carbocycles. The second kappa shape index (κ2) is 5.06. The van der Waals surface area contributed by atoms with Crippen LogP contribution in [0.4, 0.5) is 0 Å². The van der Waals surface area contributed by atoms with Gasteiger partial charge in [0, 0.05) is 5.92 Å². The summed E-state index contributed by atoms with van der Waals surface area (Å²) < 4.78 is 5.29. The Kier molecular flexibility index (Phi) is 3.26. The van der Waals surface area contributed by atoms with Crippen LogP contribution in [-0.2, 0) is 6.42 Å². The lowest BCUT2D eigenvalue weighted by atomic mass is 9.77. The molecule has 0 amide bonds. The Morgan fingerprint density at radius 1 is 1.11 bits per heavy atom. The monoisotopic (exact) mass is 254 g/mol. The summed E-state index contributed by atoms with van der Waals surface area (Å²) in [6.07, 6.45) is 1.42. The molecule has 0 aromatic heterocycles. The van der Waals surface area contributed by atoms with Crippen molar-refractivity contribution < 1.29 is 9.84 Å². The van der Waals surface area contributed by atoms with E-state index in [-0.39, 0.29) is 12.0 Å². The van der Waals surface area contributed by atoms with Gasteiger partial charge in [0.15, 0.2) is 0 Å². The van der Waals surface area contributed by atoms with Gasteiger partial charge in [0.05, 0.1) is 13.2 Å². The van der Waals surface area contributed by atoms with Crippen molar-refractivity contribution in [1.82, 2.24) is 0 Å². The molecule has 2 nitrogen and oxygen atoms in total. The molecular weight excluding hydrogens is 236 g/mol. The molecule has 2 aromatic carbocycles. The van der Waals surface area contributed by atoms with Gasteiger partial charge in [-0.15, -0.1) is 0 Å². The third-order valence-electron chi connectivity index (χ3n) is 3.94. The Morgan fingerprint density at radius 3 is 2.63 bits per heavy atom. The molecule has 0 heterocycles. The normalized spacial score (nSPS) is 21.8. The Balaban J connectivity index is 2.07. The Bertz CT molecular complexity index is 563. The van der Waals surface area contributed by atoms with Gasteiger partial charge in [-0.2, -0.15) is 0 Å². The second-order valence-corrected chi connectivity index (χ2v) is 5.06. The molecule has 19 heavy (non-hydrogen) atoms. The molecule has 0 bridgehead atoms. The van der Waals surface area contributed by atoms with E-state index in [1.54, 1.807) is 7.11 Å². The van der Waals surface area contributed by atoms with Crippen LogP contribution < -0.4 is 4.74 Å². The van der Waals surface area contributed by atoms with E-state index in [1.165, 1.54) is 16.7 Å². The van der Waals surface area contributed by atoms with Gasteiger partial charge in [-0.05, 0) is 41.7 Å². The average Bonchev–Trinajstić information content (AvgIpc) is 2.47. The van der Waals surface area contributed by atoms with Gasteiger partial charge < -0.3 is 9.84 Å². The SMILES string of the molecule is COc1ccc2c(c1)CC[C@@H](O)[C@@H]2c1ccccc1. The van der Waals surface area contributed by atoms with Crippen LogP contribution in [0.5, 0.6) is 5.75 Å². The molecule has 2 atom stereocenters. The average molecular weight is 254 g/mol. The molecule has 1 aliphatic carbocycles. The van der Waals surface area contributed by atoms with Gasteiger partial charge >= 0.3 is 0 Å². The third-order valence-corrected chi connectivity index (χ3v) is 3.94. The fraction of sp³-hybridized carbons (Fsp3) is 0.294. The summed E-state index contributed by atoms with van der Waals surface area (Å²) in [7, 11) is 1.69. The minimum absolute atomic E-state index is 0.0795. The number of benzene rings is 2. The predicted molar refractivity (Wildman–Crippen MR) is 75.6 cm³/mol. The highest BCUT2D eigenvalue weighted by molar-refractivity contribution is 5.45. The summed E-state index contributed by atoms with van der Waals surface area (Å²) in [6.45, 7) is 0. The summed E-state index contributed by atoms with van der Waals surface area (Å²) in [6, 6.07) is 16.4. The van der Waals surface area contributed by atoms with Crippen LogP contribution in [0.15, 0.2) is 48.5 Å². The van der Waals surface area contributed by atoms with Crippen LogP contribution >= 0.6 is 0 Å². The summed E-state index contributed by atoms with van der Waals surface area (Å²) in [5.41, 5.74) is 3.70. The van der Waals surface area contributed by atoms with Crippen LogP contribution in [-0.4, -0.2) is 18.3 Å². The first kappa shape index (κ1) is 12.2. The third kappa shape index (κ3) is 2.24. The van der Waals surface area contributed by atoms with E-state index in [9.17, 15) is 5.11 Å². The van der Waals surface area contributed by atoms with Crippen molar-refractivity contribution in [2.24, 2.45) is 0 Å². The van der Waals surface area contributed by atoms with Crippen molar-refractivity contribution in [3.63, 3.8) is 0 Å². The van der Waals surface area contributed by atoms with Crippen molar-refractivity contribution in [1.29, 1.82) is 0 Å². The van der Waals surface area contributed by atoms with Crippen molar-refractivity contribution >= 4 is 0 Å². The summed E-state index contributed by atoms with van der Waals surface area (Å²) in [5, 5.41) is 10.4. The zero-order chi connectivity index (χ0) is 13.2. The molecule has 0 radical (unpaired) electrons. The number of ether oxygens (including phenoxy) is 1. The molecular formula is C17H18O2. The molecule has 2 aromatic rings. The first-order valence-corrected chi connectivity index (χ1v) is 6.69. The van der Waals surface area contributed by atoms with Crippen LogP contribution in [0, 0.1) is 0 Å². The topological polar surface area (TPSA) is 29.5 Å². The van der Waals surface area contributed by atoms with Crippen LogP contribution in [0.25, 0.3) is 0 Å². The molecule has 0 spiro atoms. The van der Waals surface area contributed by atoms with Gasteiger partial charge in [0.25, 0.3) is 0 Å². The Morgan fingerprint density at radius 2 is 1.89 bits per heavy atom. The van der Waals surface area contributed by atoms with Gasteiger partial charge in [0.2, 0.25) is 0 Å². The Labute approximate surface area is 113 Å². The second-order valence-electron chi connectivity index (χ2n) is 5.06. The van der Waals surface area contributed by atoms with Crippen LogP contribution in [0.2, 0.25) is 0 Å². The predicted octanol–water partition coefficient (Wildman–Crippen LogP) is 3.13. The van der Waals surface area contributed by atoms with Gasteiger partial charge in [-0.25, -0.2) is 0 Å². The zero-order valence-corrected chi connectivity index (χ0v) is 11.0. The number of aryl methyl sites for hydroxylation is 1. The molecule has 2 heteroatoms. The standard InChI is InChI=1S/C17H18O2/c1-19-14-8-9-15-13(11-14)7-10-16(18)17(15)12-5-3-2-4-6-12/h2-6,8-9,11,16-18H,7,10H2,1H3/t16-,17-/m1/s1. The maximum absolute atomic E-state index is 10.4. The summed E-state index contributed by atoms with van der Waals surface area (Å²) in [4.78, 5) is 0. The first-order valence-electron chi connectivity index (χ1n) is 6.69. The molecule has 0 unspecified atom stereocenters. The number of aliphatic hydroxyl groups excluding tert-OH is 1. The number of fused-ring (bicyclic) bond motifs is 1. The quantitative estimate of drug-likeness (QED) is 0.892. The van der Waals surface area contributed by atoms with Crippen LogP contribution in [0.3, 0.4) is 0 Å². The first-order chi connectivity index (χ1) is 9.29. The molecule has 0 aliphatic heterocycles. The van der Waals surface area contributed by atoms with E-state index in [1.807, 2.05) is 24.3 Å². The number of rotatable bonds is 2. The highest BCUT2D eigenvalue weighted by Gasteiger charge is 2.29. The minimum atomic E-state index is -0.303. The van der Waals surface area contributed by atoms with Crippen molar-refractivity contribution in [3.8, 4) is 5.75 Å². The van der Waals surface area contributed by atoms with Crippen molar-refractivity contribution in [2.75, 3.05) is 7.11 Å². The van der Waals surface area contributed by atoms with Crippen molar-refractivity contribution in [2.45, 2.75) is 24.9 Å². The Hall–Kier alpha value is -1.80. The van der Waals surface area contributed by atoms with Gasteiger partial charge in [-0.1, -0.05) is 36.4 Å². The van der Waals surface area contributed by atoms with E-state index >= 15 is 0 Å². The van der Waals surface area contributed by atoms with E-state index in [0.717, 1.165) is 18.6 Å². The molecule has 0 saturated heterocycles. The lowest BCUT2D eigenvalue weighted by molar-refractivity contribution is 0.139. The van der Waals surface area contributed by atoms with E-state index in [4.69, 9.17) is 4.74 Å². The van der Waals surface area contributed by atoms with E-state index < -0.39 is 0 Å². The molecule has 0 fully saturated rings. The number of hydrogen-bond acceptors (Lipinski definition) is 2. The lowest BCUT2D eigenvalue weighted by Gasteiger charge is -2.31. The number of hydrogen-bond donors (Lipinski definition) is 1. The summed E-state index contributed by atoms with van der Waals surface area (Å²) >= 11 is 0. The van der Waals surface area contributed by atoms with Gasteiger partial charge in [-0.3, -0.25) is 0 Å². The highest BCUT2D eigenvalue weighted by atomic mass is 16.5. The van der Waals surface area contributed by atoms with E-state index in [0.29, 0.717) is 0 Å². The highest BCUT2D eigenvalue weighted by Crippen LogP contribution is 2.38. The molecule has 1 N–H and O–H groups in total.